The average Bonchev–Trinajstić information content (AvgIpc) is 3.52. The van der Waals surface area contributed by atoms with Gasteiger partial charge >= 0.3 is 5.91 Å². The second-order valence-corrected chi connectivity index (χ2v) is 9.92. The molecule has 6 nitrogen and oxygen atoms in total. The zero-order valence-electron chi connectivity index (χ0n) is 17.5. The number of anilines is 1. The zero-order chi connectivity index (χ0) is 23.3. The Bertz CT molecular complexity index is 1440. The lowest BCUT2D eigenvalue weighted by Crippen LogP contribution is -2.28. The number of aliphatic hydroxyl groups excluding tert-OH is 1. The molecule has 1 saturated heterocycles. The standard InChI is InChI=1S/C24H17ClN2O4S2/c1-12-5-8-16(31-2)14(10-12)21(28)19-20(17-4-3-9-32-17)27(23(30)22(19)29)24-26-15-7-6-13(25)11-18(15)33-24/h3-11,20,28H,1-2H3/b21-19+. The highest BCUT2D eigenvalue weighted by molar-refractivity contribution is 7.22. The molecule has 1 amide bonds. The number of thiophene rings is 1. The van der Waals surface area contributed by atoms with Crippen LogP contribution in [0.15, 0.2) is 59.5 Å². The molecule has 0 aliphatic carbocycles. The first-order valence-electron chi connectivity index (χ1n) is 9.94. The Balaban J connectivity index is 1.74. The number of hydrogen-bond acceptors (Lipinski definition) is 7. The van der Waals surface area contributed by atoms with Crippen LogP contribution in [0.3, 0.4) is 0 Å². The molecule has 0 radical (unpaired) electrons. The fourth-order valence-electron chi connectivity index (χ4n) is 3.89. The molecule has 1 unspecified atom stereocenters. The Labute approximate surface area is 202 Å². The average molecular weight is 497 g/mol. The van der Waals surface area contributed by atoms with Crippen molar-refractivity contribution in [2.75, 3.05) is 12.0 Å². The molecule has 3 heterocycles. The van der Waals surface area contributed by atoms with Crippen molar-refractivity contribution >= 4 is 67.1 Å². The Morgan fingerprint density at radius 1 is 1.18 bits per heavy atom. The lowest BCUT2D eigenvalue weighted by atomic mass is 9.98. The van der Waals surface area contributed by atoms with Gasteiger partial charge in [-0.15, -0.1) is 11.3 Å². The van der Waals surface area contributed by atoms with Crippen molar-refractivity contribution in [1.29, 1.82) is 0 Å². The Morgan fingerprint density at radius 3 is 2.73 bits per heavy atom. The highest BCUT2D eigenvalue weighted by Crippen LogP contribution is 2.46. The van der Waals surface area contributed by atoms with Crippen molar-refractivity contribution in [1.82, 2.24) is 4.98 Å². The topological polar surface area (TPSA) is 79.7 Å². The quantitative estimate of drug-likeness (QED) is 0.214. The molecule has 0 bridgehead atoms. The van der Waals surface area contributed by atoms with Crippen LogP contribution >= 0.6 is 34.3 Å². The fraction of sp³-hybridized carbons (Fsp3) is 0.125. The van der Waals surface area contributed by atoms with E-state index in [4.69, 9.17) is 16.3 Å². The van der Waals surface area contributed by atoms with Gasteiger partial charge < -0.3 is 9.84 Å². The molecule has 1 fully saturated rings. The number of ether oxygens (including phenoxy) is 1. The van der Waals surface area contributed by atoms with Crippen molar-refractivity contribution in [3.05, 3.63) is 80.5 Å². The first kappa shape index (κ1) is 21.6. The number of fused-ring (bicyclic) bond motifs is 1. The molecule has 33 heavy (non-hydrogen) atoms. The summed E-state index contributed by atoms with van der Waals surface area (Å²) in [5, 5.41) is 14.1. The van der Waals surface area contributed by atoms with Gasteiger partial charge in [-0.05, 0) is 48.7 Å². The molecule has 9 heteroatoms. The number of carbonyl (C=O) groups is 2. The second-order valence-electron chi connectivity index (χ2n) is 7.50. The highest BCUT2D eigenvalue weighted by atomic mass is 35.5. The molecule has 4 aromatic rings. The van der Waals surface area contributed by atoms with E-state index in [1.165, 1.54) is 34.7 Å². The number of aromatic nitrogens is 1. The minimum Gasteiger partial charge on any atom is -0.507 e. The summed E-state index contributed by atoms with van der Waals surface area (Å²) in [4.78, 5) is 33.2. The number of thiazole rings is 1. The molecule has 2 aromatic carbocycles. The van der Waals surface area contributed by atoms with Crippen LogP contribution in [0.2, 0.25) is 5.02 Å². The number of halogens is 1. The van der Waals surface area contributed by atoms with E-state index in [2.05, 4.69) is 4.98 Å². The summed E-state index contributed by atoms with van der Waals surface area (Å²) in [6.07, 6.45) is 0. The van der Waals surface area contributed by atoms with Crippen LogP contribution in [0.1, 0.15) is 22.0 Å². The summed E-state index contributed by atoms with van der Waals surface area (Å²) in [6, 6.07) is 13.4. The maximum atomic E-state index is 13.3. The fourth-order valence-corrected chi connectivity index (χ4v) is 5.98. The third-order valence-electron chi connectivity index (χ3n) is 5.41. The number of methoxy groups -OCH3 is 1. The van der Waals surface area contributed by atoms with Gasteiger partial charge in [-0.3, -0.25) is 14.5 Å². The number of aryl methyl sites for hydroxylation is 1. The van der Waals surface area contributed by atoms with Gasteiger partial charge in [-0.2, -0.15) is 0 Å². The maximum Gasteiger partial charge on any atom is 0.301 e. The van der Waals surface area contributed by atoms with E-state index in [1.54, 1.807) is 30.3 Å². The number of Topliss-reactive ketones (excluding diaryl/α,β-unsaturated/α-hetero) is 1. The monoisotopic (exact) mass is 496 g/mol. The van der Waals surface area contributed by atoms with Gasteiger partial charge in [-0.1, -0.05) is 40.6 Å². The van der Waals surface area contributed by atoms with Crippen molar-refractivity contribution < 1.29 is 19.4 Å². The van der Waals surface area contributed by atoms with Crippen molar-refractivity contribution in [3.8, 4) is 5.75 Å². The van der Waals surface area contributed by atoms with E-state index in [9.17, 15) is 14.7 Å². The molecular weight excluding hydrogens is 480 g/mol. The van der Waals surface area contributed by atoms with Crippen LogP contribution in [0, 0.1) is 6.92 Å². The molecule has 2 aromatic heterocycles. The lowest BCUT2D eigenvalue weighted by molar-refractivity contribution is -0.132. The summed E-state index contributed by atoms with van der Waals surface area (Å²) < 4.78 is 6.20. The minimum absolute atomic E-state index is 0.00337. The van der Waals surface area contributed by atoms with Crippen LogP contribution < -0.4 is 9.64 Å². The largest absolute Gasteiger partial charge is 0.507 e. The van der Waals surface area contributed by atoms with Gasteiger partial charge in [0.15, 0.2) is 5.13 Å². The third kappa shape index (κ3) is 3.60. The number of amides is 1. The number of carbonyl (C=O) groups excluding carboxylic acids is 2. The van der Waals surface area contributed by atoms with Gasteiger partial charge in [-0.25, -0.2) is 4.98 Å². The van der Waals surface area contributed by atoms with Gasteiger partial charge in [0.25, 0.3) is 5.78 Å². The molecule has 5 rings (SSSR count). The molecule has 166 valence electrons. The van der Waals surface area contributed by atoms with Crippen molar-refractivity contribution in [3.63, 3.8) is 0 Å². The number of nitrogens with zero attached hydrogens (tertiary/aromatic N) is 2. The van der Waals surface area contributed by atoms with E-state index in [0.29, 0.717) is 27.0 Å². The smallest absolute Gasteiger partial charge is 0.301 e. The van der Waals surface area contributed by atoms with E-state index >= 15 is 0 Å². The van der Waals surface area contributed by atoms with Gasteiger partial charge in [0.2, 0.25) is 0 Å². The predicted octanol–water partition coefficient (Wildman–Crippen LogP) is 5.95. The van der Waals surface area contributed by atoms with Crippen LogP contribution in [0.5, 0.6) is 5.75 Å². The second kappa shape index (κ2) is 8.30. The van der Waals surface area contributed by atoms with E-state index in [1.807, 2.05) is 30.5 Å². The van der Waals surface area contributed by atoms with E-state index in [0.717, 1.165) is 15.1 Å². The minimum atomic E-state index is -0.814. The van der Waals surface area contributed by atoms with E-state index < -0.39 is 17.7 Å². The van der Waals surface area contributed by atoms with Crippen LogP contribution in [0.4, 0.5) is 5.13 Å². The number of aliphatic hydroxyl groups is 1. The van der Waals surface area contributed by atoms with Crippen molar-refractivity contribution in [2.24, 2.45) is 0 Å². The van der Waals surface area contributed by atoms with Gasteiger partial charge in [0.1, 0.15) is 17.6 Å². The lowest BCUT2D eigenvalue weighted by Gasteiger charge is -2.21. The summed E-state index contributed by atoms with van der Waals surface area (Å²) in [5.74, 6) is -1.39. The number of hydrogen-bond donors (Lipinski definition) is 1. The van der Waals surface area contributed by atoms with Crippen molar-refractivity contribution in [2.45, 2.75) is 13.0 Å². The molecule has 0 spiro atoms. The maximum absolute atomic E-state index is 13.3. The predicted molar refractivity (Wildman–Crippen MR) is 131 cm³/mol. The van der Waals surface area contributed by atoms with Crippen LogP contribution in [-0.4, -0.2) is 28.9 Å². The SMILES string of the molecule is COc1ccc(C)cc1/C(O)=C1\C(=O)C(=O)N(c2nc3ccc(Cl)cc3s2)C1c1cccs1. The van der Waals surface area contributed by atoms with E-state index in [-0.39, 0.29) is 11.3 Å². The molecular formula is C24H17ClN2O4S2. The van der Waals surface area contributed by atoms with Gasteiger partial charge in [0.05, 0.1) is 28.5 Å². The molecule has 0 saturated carbocycles. The third-order valence-corrected chi connectivity index (χ3v) is 7.59. The Kier molecular flexibility index (Phi) is 5.44. The highest BCUT2D eigenvalue weighted by Gasteiger charge is 2.48. The number of benzene rings is 2. The summed E-state index contributed by atoms with van der Waals surface area (Å²) in [5.41, 5.74) is 1.91. The Hall–Kier alpha value is -3.20. The molecule has 1 N–H and O–H groups in total. The number of rotatable bonds is 4. The molecule has 1 aliphatic rings. The zero-order valence-corrected chi connectivity index (χ0v) is 19.9. The van der Waals surface area contributed by atoms with Gasteiger partial charge in [0, 0.05) is 9.90 Å². The first-order chi connectivity index (χ1) is 15.9. The Morgan fingerprint density at radius 2 is 2.00 bits per heavy atom. The molecule has 1 aliphatic heterocycles. The summed E-state index contributed by atoms with van der Waals surface area (Å²) >= 11 is 8.78. The number of ketones is 1. The summed E-state index contributed by atoms with van der Waals surface area (Å²) in [7, 11) is 1.49. The first-order valence-corrected chi connectivity index (χ1v) is 12.0. The normalized spacial score (nSPS) is 17.8. The summed E-state index contributed by atoms with van der Waals surface area (Å²) in [6.45, 7) is 1.87. The van der Waals surface area contributed by atoms with Crippen LogP contribution in [0.25, 0.3) is 16.0 Å². The molecule has 1 atom stereocenters. The van der Waals surface area contributed by atoms with Crippen LogP contribution in [-0.2, 0) is 9.59 Å².